The molecule has 2 unspecified atom stereocenters. The van der Waals surface area contributed by atoms with Crippen molar-refractivity contribution >= 4 is 22.7 Å². The number of nitrogens with one attached hydrogen (secondary N) is 1. The highest BCUT2D eigenvalue weighted by molar-refractivity contribution is 5.89. The Balaban J connectivity index is 1.05. The minimum Gasteiger partial charge on any atom is -0.480 e. The van der Waals surface area contributed by atoms with Crippen LogP contribution in [-0.2, 0) is 29.4 Å². The zero-order chi connectivity index (χ0) is 25.2. The number of pyridine rings is 1. The molecule has 1 fully saturated rings. The highest BCUT2D eigenvalue weighted by Gasteiger charge is 2.38. The van der Waals surface area contributed by atoms with Gasteiger partial charge in [-0.15, -0.1) is 0 Å². The molecule has 2 atom stereocenters. The molecule has 5 rings (SSSR count). The normalized spacial score (nSPS) is 19.0. The Morgan fingerprint density at radius 2 is 2.06 bits per heavy atom. The highest BCUT2D eigenvalue weighted by Crippen LogP contribution is 2.33. The topological polar surface area (TPSA) is 113 Å². The summed E-state index contributed by atoms with van der Waals surface area (Å²) in [5.74, 6) is 0.0621. The number of carboxylic acid groups (broad SMARTS) is 1. The number of nitrogens with zero attached hydrogens (tertiary/aromatic N) is 4. The van der Waals surface area contributed by atoms with Gasteiger partial charge in [-0.2, -0.15) is 5.10 Å². The van der Waals surface area contributed by atoms with Crippen molar-refractivity contribution in [1.29, 1.82) is 0 Å². The number of para-hydroxylation sites is 1. The smallest absolute Gasteiger partial charge is 0.325 e. The van der Waals surface area contributed by atoms with E-state index in [-0.39, 0.29) is 12.2 Å². The maximum absolute atomic E-state index is 12.2. The number of aromatic nitrogens is 3. The van der Waals surface area contributed by atoms with Crippen molar-refractivity contribution in [1.82, 2.24) is 19.7 Å². The quantitative estimate of drug-likeness (QED) is 0.370. The second-order valence-corrected chi connectivity index (χ2v) is 10.00. The number of aliphatic carboxylic acids is 1. The zero-order valence-corrected chi connectivity index (χ0v) is 21.0. The van der Waals surface area contributed by atoms with Gasteiger partial charge in [0, 0.05) is 56.4 Å². The number of carbonyl (C=O) groups is 1. The summed E-state index contributed by atoms with van der Waals surface area (Å²) in [4.78, 5) is 18.9. The Morgan fingerprint density at radius 1 is 1.22 bits per heavy atom. The van der Waals surface area contributed by atoms with Crippen LogP contribution in [0.5, 0.6) is 0 Å². The number of aryl methyl sites for hydroxylation is 3. The van der Waals surface area contributed by atoms with Gasteiger partial charge in [-0.05, 0) is 37.8 Å². The van der Waals surface area contributed by atoms with E-state index in [2.05, 4.69) is 22.5 Å². The van der Waals surface area contributed by atoms with Gasteiger partial charge in [0.2, 0.25) is 0 Å². The molecule has 0 saturated carbocycles. The Hall–Kier alpha value is -3.01. The van der Waals surface area contributed by atoms with E-state index in [1.165, 1.54) is 0 Å². The molecule has 9 heteroatoms. The number of hydrogen-bond donors (Lipinski definition) is 3. The van der Waals surface area contributed by atoms with Crippen molar-refractivity contribution in [3.63, 3.8) is 0 Å². The molecule has 4 heterocycles. The maximum Gasteiger partial charge on any atom is 0.325 e. The summed E-state index contributed by atoms with van der Waals surface area (Å²) < 4.78 is 7.81. The van der Waals surface area contributed by atoms with Gasteiger partial charge in [-0.3, -0.25) is 14.4 Å². The van der Waals surface area contributed by atoms with E-state index in [4.69, 9.17) is 9.72 Å². The fourth-order valence-corrected chi connectivity index (χ4v) is 5.40. The second kappa shape index (κ2) is 10.5. The molecule has 36 heavy (non-hydrogen) atoms. The van der Waals surface area contributed by atoms with E-state index in [1.807, 2.05) is 37.1 Å². The molecule has 0 spiro atoms. The first-order valence-corrected chi connectivity index (χ1v) is 12.8. The molecule has 1 saturated heterocycles. The van der Waals surface area contributed by atoms with Crippen LogP contribution in [0.2, 0.25) is 0 Å². The minimum atomic E-state index is -0.845. The summed E-state index contributed by atoms with van der Waals surface area (Å²) in [6.07, 6.45) is 4.41. The number of anilines is 1. The van der Waals surface area contributed by atoms with Crippen molar-refractivity contribution in [3.8, 4) is 0 Å². The van der Waals surface area contributed by atoms with Crippen LogP contribution in [0.15, 0.2) is 30.3 Å². The van der Waals surface area contributed by atoms with Gasteiger partial charge in [-0.25, -0.2) is 4.98 Å². The number of rotatable bonds is 10. The molecule has 0 aliphatic carbocycles. The number of aliphatic hydroxyl groups excluding tert-OH is 1. The molecule has 192 valence electrons. The number of ether oxygens (including phenoxy) is 1. The van der Waals surface area contributed by atoms with Gasteiger partial charge >= 0.3 is 5.97 Å². The molecule has 2 aliphatic rings. The summed E-state index contributed by atoms with van der Waals surface area (Å²) in [5.41, 5.74) is 4.73. The van der Waals surface area contributed by atoms with Crippen molar-refractivity contribution in [3.05, 3.63) is 52.8 Å². The Morgan fingerprint density at radius 3 is 2.86 bits per heavy atom. The number of fused-ring (bicyclic) bond motifs is 2. The van der Waals surface area contributed by atoms with E-state index in [0.29, 0.717) is 32.7 Å². The fourth-order valence-electron chi connectivity index (χ4n) is 5.40. The molecular weight excluding hydrogens is 458 g/mol. The minimum absolute atomic E-state index is 0.0723. The average Bonchev–Trinajstić information content (AvgIpc) is 3.12. The van der Waals surface area contributed by atoms with Crippen LogP contribution in [0.1, 0.15) is 47.8 Å². The lowest BCUT2D eigenvalue weighted by molar-refractivity contribution is -0.150. The number of benzene rings is 1. The number of hydrogen-bond acceptors (Lipinski definition) is 7. The largest absolute Gasteiger partial charge is 0.480 e. The van der Waals surface area contributed by atoms with Crippen molar-refractivity contribution in [2.24, 2.45) is 7.05 Å². The number of aliphatic hydroxyl groups is 1. The van der Waals surface area contributed by atoms with Crippen LogP contribution in [-0.4, -0.2) is 74.3 Å². The summed E-state index contributed by atoms with van der Waals surface area (Å²) in [6, 6.07) is 9.23. The van der Waals surface area contributed by atoms with Crippen molar-refractivity contribution in [2.45, 2.75) is 57.3 Å². The summed E-state index contributed by atoms with van der Waals surface area (Å²) in [6.45, 7) is 4.42. The van der Waals surface area contributed by atoms with Gasteiger partial charge in [0.25, 0.3) is 0 Å². The lowest BCUT2D eigenvalue weighted by Gasteiger charge is -2.42. The van der Waals surface area contributed by atoms with Gasteiger partial charge in [0.1, 0.15) is 11.9 Å². The molecule has 3 N–H and O–H groups in total. The first kappa shape index (κ1) is 24.7. The third-order valence-corrected chi connectivity index (χ3v) is 7.28. The average molecular weight is 494 g/mol. The Kier molecular flexibility index (Phi) is 7.22. The van der Waals surface area contributed by atoms with Crippen LogP contribution in [0, 0.1) is 6.92 Å². The summed E-state index contributed by atoms with van der Waals surface area (Å²) in [5, 5.41) is 28.4. The fraction of sp³-hybridized carbons (Fsp3) is 0.519. The van der Waals surface area contributed by atoms with Gasteiger partial charge in [-0.1, -0.05) is 30.7 Å². The number of β-amino-alcohol motifs (C(OH)–C–C–N with tert-alkyl or cyclic N) is 1. The maximum atomic E-state index is 12.2. The zero-order valence-electron chi connectivity index (χ0n) is 21.0. The number of likely N-dealkylation sites (tertiary alicyclic amines) is 1. The Labute approximate surface area is 211 Å². The first-order chi connectivity index (χ1) is 17.4. The third-order valence-electron chi connectivity index (χ3n) is 7.28. The predicted octanol–water partition coefficient (Wildman–Crippen LogP) is 2.85. The van der Waals surface area contributed by atoms with Crippen LogP contribution in [0.3, 0.4) is 0 Å². The van der Waals surface area contributed by atoms with Gasteiger partial charge in [0.15, 0.2) is 0 Å². The van der Waals surface area contributed by atoms with E-state index in [0.717, 1.165) is 64.9 Å². The molecule has 0 radical (unpaired) electrons. The first-order valence-electron chi connectivity index (χ1n) is 12.8. The van der Waals surface area contributed by atoms with Gasteiger partial charge < -0.3 is 20.3 Å². The van der Waals surface area contributed by atoms with Crippen LogP contribution in [0.25, 0.3) is 10.9 Å². The molecular formula is C27H35N5O4. The standard InChI is InChI=1S/C27H35N5O4/c1-17-22-8-6-9-23(24(22)31(2)30-17)25(27(34)35)32-15-21(16-32)36-12-5-3-4-7-19-11-10-18-13-20(33)14-28-26(18)29-19/h6,8-11,20-21,25,33H,3-5,7,12-16H2,1-2H3,(H,28,29)(H,34,35). The second-order valence-electron chi connectivity index (χ2n) is 10.00. The third kappa shape index (κ3) is 5.09. The molecule has 2 aliphatic heterocycles. The predicted molar refractivity (Wildman–Crippen MR) is 137 cm³/mol. The molecule has 1 aromatic carbocycles. The highest BCUT2D eigenvalue weighted by atomic mass is 16.5. The molecule has 3 aromatic rings. The van der Waals surface area contributed by atoms with E-state index >= 15 is 0 Å². The molecule has 2 aromatic heterocycles. The van der Waals surface area contributed by atoms with E-state index in [1.54, 1.807) is 4.68 Å². The SMILES string of the molecule is Cc1nn(C)c2c(C(C(=O)O)N3CC(OCCCCCc4ccc5c(n4)NCC(O)C5)C3)cccc12. The lowest BCUT2D eigenvalue weighted by atomic mass is 9.98. The lowest BCUT2D eigenvalue weighted by Crippen LogP contribution is -2.55. The molecule has 0 amide bonds. The monoisotopic (exact) mass is 493 g/mol. The molecule has 9 nitrogen and oxygen atoms in total. The molecule has 0 bridgehead atoms. The van der Waals surface area contributed by atoms with Crippen molar-refractivity contribution in [2.75, 3.05) is 31.6 Å². The Bertz CT molecular complexity index is 1240. The van der Waals surface area contributed by atoms with E-state index < -0.39 is 12.0 Å². The number of carboxylic acids is 1. The van der Waals surface area contributed by atoms with Crippen molar-refractivity contribution < 1.29 is 19.7 Å². The van der Waals surface area contributed by atoms with E-state index in [9.17, 15) is 15.0 Å². The van der Waals surface area contributed by atoms with Crippen LogP contribution < -0.4 is 5.32 Å². The summed E-state index contributed by atoms with van der Waals surface area (Å²) in [7, 11) is 1.86. The van der Waals surface area contributed by atoms with Gasteiger partial charge in [0.05, 0.1) is 23.4 Å². The number of unbranched alkanes of at least 4 members (excludes halogenated alkanes) is 2. The van der Waals surface area contributed by atoms with Crippen LogP contribution >= 0.6 is 0 Å². The van der Waals surface area contributed by atoms with Crippen LogP contribution in [0.4, 0.5) is 5.82 Å². The summed E-state index contributed by atoms with van der Waals surface area (Å²) >= 11 is 0.